The van der Waals surface area contributed by atoms with Gasteiger partial charge in [-0.2, -0.15) is 0 Å². The Morgan fingerprint density at radius 3 is 2.72 bits per heavy atom. The predicted octanol–water partition coefficient (Wildman–Crippen LogP) is 4.08. The van der Waals surface area contributed by atoms with Crippen molar-refractivity contribution in [3.05, 3.63) is 41.5 Å². The number of aromatic nitrogens is 3. The van der Waals surface area contributed by atoms with E-state index in [2.05, 4.69) is 66.5 Å². The molecule has 1 unspecified atom stereocenters. The number of rotatable bonds is 7. The van der Waals surface area contributed by atoms with Crippen LogP contribution >= 0.6 is 24.0 Å². The van der Waals surface area contributed by atoms with Crippen molar-refractivity contribution in [2.45, 2.75) is 70.9 Å². The molecule has 2 aliphatic heterocycles. The summed E-state index contributed by atoms with van der Waals surface area (Å²) in [4.78, 5) is 6.90. The Hall–Kier alpha value is -1.84. The van der Waals surface area contributed by atoms with Crippen LogP contribution in [0.25, 0.3) is 0 Å². The van der Waals surface area contributed by atoms with E-state index in [0.717, 1.165) is 44.1 Å². The fraction of sp³-hybridized carbons (Fsp3) is 0.625. The minimum atomic E-state index is 0. The number of hydrogen-bond donors (Lipinski definition) is 2. The summed E-state index contributed by atoms with van der Waals surface area (Å²) < 4.78 is 2.34. The van der Waals surface area contributed by atoms with Crippen LogP contribution in [0.3, 0.4) is 0 Å². The summed E-state index contributed by atoms with van der Waals surface area (Å²) in [6, 6.07) is 9.09. The first-order valence-electron chi connectivity index (χ1n) is 12.0. The van der Waals surface area contributed by atoms with Crippen molar-refractivity contribution < 1.29 is 0 Å². The molecule has 0 bridgehead atoms. The van der Waals surface area contributed by atoms with Crippen molar-refractivity contribution >= 4 is 35.6 Å². The molecule has 3 heterocycles. The first-order chi connectivity index (χ1) is 15.2. The Balaban J connectivity index is 0.00000289. The van der Waals surface area contributed by atoms with Crippen molar-refractivity contribution in [2.24, 2.45) is 4.99 Å². The van der Waals surface area contributed by atoms with E-state index in [-0.39, 0.29) is 30.0 Å². The van der Waals surface area contributed by atoms with Gasteiger partial charge in [0.15, 0.2) is 5.96 Å². The Labute approximate surface area is 209 Å². The second-order valence-electron chi connectivity index (χ2n) is 8.75. The minimum Gasteiger partial charge on any atom is -0.372 e. The third kappa shape index (κ3) is 6.36. The van der Waals surface area contributed by atoms with Gasteiger partial charge in [-0.05, 0) is 56.7 Å². The summed E-state index contributed by atoms with van der Waals surface area (Å²) >= 11 is 0. The first-order valence-corrected chi connectivity index (χ1v) is 12.0. The molecule has 0 radical (unpaired) electrons. The maximum Gasteiger partial charge on any atom is 0.191 e. The molecule has 176 valence electrons. The van der Waals surface area contributed by atoms with Crippen LogP contribution in [-0.4, -0.2) is 47.4 Å². The molecule has 8 heteroatoms. The van der Waals surface area contributed by atoms with E-state index in [9.17, 15) is 0 Å². The van der Waals surface area contributed by atoms with E-state index in [1.54, 1.807) is 0 Å². The molecule has 1 fully saturated rings. The average Bonchev–Trinajstić information content (AvgIpc) is 3.41. The van der Waals surface area contributed by atoms with Crippen molar-refractivity contribution in [2.75, 3.05) is 31.6 Å². The van der Waals surface area contributed by atoms with Gasteiger partial charge in [-0.1, -0.05) is 18.6 Å². The molecule has 0 amide bonds. The highest BCUT2D eigenvalue weighted by Crippen LogP contribution is 2.24. The zero-order valence-electron chi connectivity index (χ0n) is 19.5. The van der Waals surface area contributed by atoms with Gasteiger partial charge in [0.2, 0.25) is 0 Å². The SMILES string of the molecule is CN=C(NCCCc1nnc2n1CCCCC2)NC(C)c1cccc(N2CCCC2)c1.I. The molecule has 2 aliphatic rings. The quantitative estimate of drug-likeness (QED) is 0.235. The average molecular weight is 552 g/mol. The number of aliphatic imine (C=N–C) groups is 1. The molecule has 0 aliphatic carbocycles. The van der Waals surface area contributed by atoms with Gasteiger partial charge in [-0.25, -0.2) is 0 Å². The molecule has 1 aromatic carbocycles. The summed E-state index contributed by atoms with van der Waals surface area (Å²) in [5.74, 6) is 3.15. The number of halogens is 1. The number of nitrogens with one attached hydrogen (secondary N) is 2. The van der Waals surface area contributed by atoms with Crippen LogP contribution in [0.2, 0.25) is 0 Å². The molecule has 0 spiro atoms. The number of fused-ring (bicyclic) bond motifs is 1. The summed E-state index contributed by atoms with van der Waals surface area (Å²) in [5.41, 5.74) is 2.62. The van der Waals surface area contributed by atoms with Gasteiger partial charge in [0.25, 0.3) is 0 Å². The summed E-state index contributed by atoms with van der Waals surface area (Å²) in [7, 11) is 1.83. The molecule has 0 saturated carbocycles. The molecule has 2 N–H and O–H groups in total. The van der Waals surface area contributed by atoms with Gasteiger partial charge in [-0.15, -0.1) is 34.2 Å². The van der Waals surface area contributed by atoms with Crippen LogP contribution in [0.15, 0.2) is 29.3 Å². The fourth-order valence-electron chi connectivity index (χ4n) is 4.63. The first kappa shape index (κ1) is 24.8. The Morgan fingerprint density at radius 2 is 1.91 bits per heavy atom. The van der Waals surface area contributed by atoms with Crippen molar-refractivity contribution in [1.82, 2.24) is 25.4 Å². The lowest BCUT2D eigenvalue weighted by molar-refractivity contribution is 0.592. The molecule has 1 aromatic heterocycles. The monoisotopic (exact) mass is 551 g/mol. The predicted molar refractivity (Wildman–Crippen MR) is 142 cm³/mol. The molecular formula is C24H38IN7. The molecule has 2 aromatic rings. The van der Waals surface area contributed by atoms with E-state index in [0.29, 0.717) is 0 Å². The molecular weight excluding hydrogens is 513 g/mol. The summed E-state index contributed by atoms with van der Waals surface area (Å²) in [5, 5.41) is 15.9. The number of guanidine groups is 1. The van der Waals surface area contributed by atoms with Gasteiger partial charge in [0, 0.05) is 51.8 Å². The van der Waals surface area contributed by atoms with Crippen LogP contribution in [0.4, 0.5) is 5.69 Å². The van der Waals surface area contributed by atoms with Gasteiger partial charge < -0.3 is 20.1 Å². The third-order valence-electron chi connectivity index (χ3n) is 6.47. The number of benzene rings is 1. The third-order valence-corrected chi connectivity index (χ3v) is 6.47. The van der Waals surface area contributed by atoms with Crippen LogP contribution in [0.5, 0.6) is 0 Å². The Kier molecular flexibility index (Phi) is 9.62. The summed E-state index contributed by atoms with van der Waals surface area (Å²) in [6.07, 6.45) is 9.40. The lowest BCUT2D eigenvalue weighted by Gasteiger charge is -2.22. The number of nitrogens with zero attached hydrogens (tertiary/aromatic N) is 5. The smallest absolute Gasteiger partial charge is 0.191 e. The van der Waals surface area contributed by atoms with Gasteiger partial charge in [-0.3, -0.25) is 4.99 Å². The zero-order valence-corrected chi connectivity index (χ0v) is 21.8. The standard InChI is InChI=1S/C24H37N7.HI/c1-19(20-10-8-11-21(18-20)30-15-6-7-16-30)27-24(25-2)26-14-9-13-23-29-28-22-12-4-3-5-17-31(22)23;/h8,10-11,18-19H,3-7,9,12-17H2,1-2H3,(H2,25,26,27);1H. The van der Waals surface area contributed by atoms with Crippen LogP contribution in [-0.2, 0) is 19.4 Å². The number of aryl methyl sites for hydroxylation is 2. The fourth-order valence-corrected chi connectivity index (χ4v) is 4.63. The van der Waals surface area contributed by atoms with Gasteiger partial charge in [0.1, 0.15) is 11.6 Å². The van der Waals surface area contributed by atoms with Crippen molar-refractivity contribution in [3.8, 4) is 0 Å². The largest absolute Gasteiger partial charge is 0.372 e. The highest BCUT2D eigenvalue weighted by Gasteiger charge is 2.16. The number of anilines is 1. The normalized spacial score (nSPS) is 17.3. The lowest BCUT2D eigenvalue weighted by Crippen LogP contribution is -2.39. The highest BCUT2D eigenvalue weighted by molar-refractivity contribution is 14.0. The van der Waals surface area contributed by atoms with Crippen molar-refractivity contribution in [1.29, 1.82) is 0 Å². The zero-order chi connectivity index (χ0) is 21.5. The van der Waals surface area contributed by atoms with Crippen LogP contribution in [0.1, 0.15) is 68.7 Å². The Morgan fingerprint density at radius 1 is 1.09 bits per heavy atom. The van der Waals surface area contributed by atoms with E-state index >= 15 is 0 Å². The van der Waals surface area contributed by atoms with E-state index in [1.807, 2.05) is 7.05 Å². The van der Waals surface area contributed by atoms with Crippen LogP contribution in [0, 0.1) is 0 Å². The molecule has 4 rings (SSSR count). The molecule has 1 saturated heterocycles. The molecule has 7 nitrogen and oxygen atoms in total. The maximum absolute atomic E-state index is 4.44. The summed E-state index contributed by atoms with van der Waals surface area (Å²) in [6.45, 7) is 6.47. The van der Waals surface area contributed by atoms with E-state index in [4.69, 9.17) is 0 Å². The lowest BCUT2D eigenvalue weighted by atomic mass is 10.1. The topological polar surface area (TPSA) is 70.4 Å². The van der Waals surface area contributed by atoms with Crippen molar-refractivity contribution in [3.63, 3.8) is 0 Å². The molecule has 32 heavy (non-hydrogen) atoms. The van der Waals surface area contributed by atoms with Gasteiger partial charge in [0.05, 0.1) is 6.04 Å². The van der Waals surface area contributed by atoms with Crippen LogP contribution < -0.4 is 15.5 Å². The highest BCUT2D eigenvalue weighted by atomic mass is 127. The second-order valence-corrected chi connectivity index (χ2v) is 8.75. The molecule has 1 atom stereocenters. The van der Waals surface area contributed by atoms with Gasteiger partial charge >= 0.3 is 0 Å². The maximum atomic E-state index is 4.44. The van der Waals surface area contributed by atoms with E-state index in [1.165, 1.54) is 62.3 Å². The second kappa shape index (κ2) is 12.4. The minimum absolute atomic E-state index is 0. The Bertz CT molecular complexity index is 873. The number of hydrogen-bond acceptors (Lipinski definition) is 4. The van der Waals surface area contributed by atoms with E-state index < -0.39 is 0 Å².